The summed E-state index contributed by atoms with van der Waals surface area (Å²) in [5, 5.41) is 14.9. The number of benzene rings is 1. The fourth-order valence-electron chi connectivity index (χ4n) is 4.47. The number of carbonyl (C=O) groups is 2. The SMILES string of the molecule is C[C@@H](CC1CCC2(CC1)OC(=O)NN=C2c1ccc(F)cc1Br)NC(=O)c1cn(C)nn1. The molecule has 1 aliphatic carbocycles. The van der Waals surface area contributed by atoms with Gasteiger partial charge in [0.25, 0.3) is 5.91 Å². The van der Waals surface area contributed by atoms with Crippen molar-refractivity contribution < 1.29 is 18.7 Å². The third-order valence-corrected chi connectivity index (χ3v) is 6.63. The topological polar surface area (TPSA) is 110 Å². The Bertz CT molecular complexity index is 1060. The Hall–Kier alpha value is -2.82. The molecule has 2 aliphatic rings. The van der Waals surface area contributed by atoms with Gasteiger partial charge in [0, 0.05) is 23.1 Å². The van der Waals surface area contributed by atoms with Gasteiger partial charge >= 0.3 is 6.09 Å². The second-order valence-corrected chi connectivity index (χ2v) is 9.27. The lowest BCUT2D eigenvalue weighted by atomic mass is 9.73. The summed E-state index contributed by atoms with van der Waals surface area (Å²) in [4.78, 5) is 24.3. The fraction of sp³-hybridized carbons (Fsp3) is 0.476. The van der Waals surface area contributed by atoms with Crippen LogP contribution in [-0.4, -0.2) is 44.3 Å². The van der Waals surface area contributed by atoms with Crippen molar-refractivity contribution in [3.05, 3.63) is 45.9 Å². The quantitative estimate of drug-likeness (QED) is 0.646. The second kappa shape index (κ2) is 8.97. The second-order valence-electron chi connectivity index (χ2n) is 8.41. The van der Waals surface area contributed by atoms with Crippen molar-refractivity contribution in [2.24, 2.45) is 18.1 Å². The molecule has 1 spiro atoms. The summed E-state index contributed by atoms with van der Waals surface area (Å²) in [7, 11) is 1.71. The minimum atomic E-state index is -0.856. The Kier molecular flexibility index (Phi) is 6.27. The molecular formula is C21H24BrFN6O3. The molecule has 32 heavy (non-hydrogen) atoms. The molecule has 2 N–H and O–H groups in total. The van der Waals surface area contributed by atoms with Crippen LogP contribution in [0.5, 0.6) is 0 Å². The van der Waals surface area contributed by atoms with Gasteiger partial charge < -0.3 is 10.1 Å². The lowest BCUT2D eigenvalue weighted by Gasteiger charge is -2.42. The smallest absolute Gasteiger partial charge is 0.428 e. The van der Waals surface area contributed by atoms with Crippen LogP contribution in [0.2, 0.25) is 0 Å². The number of aryl methyl sites for hydroxylation is 1. The van der Waals surface area contributed by atoms with Gasteiger partial charge in [0.1, 0.15) is 11.5 Å². The molecule has 1 aliphatic heterocycles. The number of carbonyl (C=O) groups excluding carboxylic acids is 2. The number of hydrogen-bond acceptors (Lipinski definition) is 6. The predicted octanol–water partition coefficient (Wildman–Crippen LogP) is 3.30. The zero-order chi connectivity index (χ0) is 22.9. The first kappa shape index (κ1) is 22.4. The van der Waals surface area contributed by atoms with Crippen LogP contribution in [0.15, 0.2) is 34.0 Å². The lowest BCUT2D eigenvalue weighted by molar-refractivity contribution is 0.0154. The summed E-state index contributed by atoms with van der Waals surface area (Å²) in [5.41, 5.74) is 3.09. The van der Waals surface area contributed by atoms with E-state index in [0.29, 0.717) is 34.5 Å². The number of amides is 2. The van der Waals surface area contributed by atoms with Gasteiger partial charge in [0.15, 0.2) is 11.3 Å². The monoisotopic (exact) mass is 506 g/mol. The largest absolute Gasteiger partial charge is 0.435 e. The first-order valence-corrected chi connectivity index (χ1v) is 11.2. The van der Waals surface area contributed by atoms with Crippen molar-refractivity contribution in [3.8, 4) is 0 Å². The van der Waals surface area contributed by atoms with Crippen LogP contribution in [0.25, 0.3) is 0 Å². The van der Waals surface area contributed by atoms with Gasteiger partial charge in [-0.15, -0.1) is 5.10 Å². The third-order valence-electron chi connectivity index (χ3n) is 5.98. The molecule has 1 saturated carbocycles. The Morgan fingerprint density at radius 2 is 2.19 bits per heavy atom. The highest BCUT2D eigenvalue weighted by atomic mass is 79.9. The molecule has 1 aromatic carbocycles. The molecule has 0 unspecified atom stereocenters. The number of nitrogens with one attached hydrogen (secondary N) is 2. The number of rotatable bonds is 5. The summed E-state index contributed by atoms with van der Waals surface area (Å²) in [6, 6.07) is 4.32. The van der Waals surface area contributed by atoms with E-state index < -0.39 is 11.7 Å². The highest BCUT2D eigenvalue weighted by Gasteiger charge is 2.46. The average molecular weight is 507 g/mol. The van der Waals surface area contributed by atoms with Crippen molar-refractivity contribution in [3.63, 3.8) is 0 Å². The summed E-state index contributed by atoms with van der Waals surface area (Å²) in [6.45, 7) is 1.96. The summed E-state index contributed by atoms with van der Waals surface area (Å²) in [6.07, 6.45) is 4.58. The molecule has 2 aromatic rings. The van der Waals surface area contributed by atoms with Gasteiger partial charge in [-0.3, -0.25) is 9.48 Å². The number of halogens is 2. The Morgan fingerprint density at radius 3 is 2.84 bits per heavy atom. The van der Waals surface area contributed by atoms with E-state index >= 15 is 0 Å². The number of hydrazone groups is 1. The average Bonchev–Trinajstić information content (AvgIpc) is 3.17. The first-order valence-electron chi connectivity index (χ1n) is 10.5. The molecule has 2 heterocycles. The summed E-state index contributed by atoms with van der Waals surface area (Å²) in [5.74, 6) is -0.262. The van der Waals surface area contributed by atoms with Crippen LogP contribution in [0.3, 0.4) is 0 Å². The van der Waals surface area contributed by atoms with E-state index in [2.05, 4.69) is 42.1 Å². The summed E-state index contributed by atoms with van der Waals surface area (Å²) >= 11 is 3.40. The van der Waals surface area contributed by atoms with Gasteiger partial charge in [0.2, 0.25) is 0 Å². The van der Waals surface area contributed by atoms with Gasteiger partial charge in [0.05, 0.1) is 6.20 Å². The highest BCUT2D eigenvalue weighted by molar-refractivity contribution is 9.10. The molecule has 9 nitrogen and oxygen atoms in total. The normalized spacial score (nSPS) is 23.8. The van der Waals surface area contributed by atoms with E-state index in [1.165, 1.54) is 16.8 Å². The minimum absolute atomic E-state index is 0.0430. The molecule has 2 amide bonds. The molecule has 4 rings (SSSR count). The Balaban J connectivity index is 1.41. The number of hydrogen-bond donors (Lipinski definition) is 2. The van der Waals surface area contributed by atoms with Crippen molar-refractivity contribution in [2.75, 3.05) is 0 Å². The molecule has 1 fully saturated rings. The van der Waals surface area contributed by atoms with Crippen LogP contribution in [-0.2, 0) is 11.8 Å². The number of nitrogens with zero attached hydrogens (tertiary/aromatic N) is 4. The maximum absolute atomic E-state index is 13.6. The Labute approximate surface area is 192 Å². The van der Waals surface area contributed by atoms with E-state index in [4.69, 9.17) is 4.74 Å². The van der Waals surface area contributed by atoms with E-state index in [1.54, 1.807) is 19.3 Å². The first-order chi connectivity index (χ1) is 15.3. The fourth-order valence-corrected chi connectivity index (χ4v) is 5.00. The van der Waals surface area contributed by atoms with Crippen LogP contribution >= 0.6 is 15.9 Å². The molecule has 1 aromatic heterocycles. The van der Waals surface area contributed by atoms with Gasteiger partial charge in [-0.25, -0.2) is 14.6 Å². The van der Waals surface area contributed by atoms with Crippen molar-refractivity contribution in [1.82, 2.24) is 25.7 Å². The summed E-state index contributed by atoms with van der Waals surface area (Å²) < 4.78 is 21.4. The molecule has 0 radical (unpaired) electrons. The third kappa shape index (κ3) is 4.67. The van der Waals surface area contributed by atoms with E-state index in [9.17, 15) is 14.0 Å². The predicted molar refractivity (Wildman–Crippen MR) is 117 cm³/mol. The molecule has 0 bridgehead atoms. The Morgan fingerprint density at radius 1 is 1.44 bits per heavy atom. The van der Waals surface area contributed by atoms with Crippen LogP contribution in [0, 0.1) is 11.7 Å². The molecule has 170 valence electrons. The zero-order valence-corrected chi connectivity index (χ0v) is 19.4. The van der Waals surface area contributed by atoms with Crippen molar-refractivity contribution in [2.45, 2.75) is 50.7 Å². The minimum Gasteiger partial charge on any atom is -0.435 e. The molecular weight excluding hydrogens is 483 g/mol. The van der Waals surface area contributed by atoms with Gasteiger partial charge in [-0.2, -0.15) is 5.10 Å². The molecule has 1 atom stereocenters. The molecule has 11 heteroatoms. The number of ether oxygens (including phenoxy) is 1. The molecule has 0 saturated heterocycles. The highest BCUT2D eigenvalue weighted by Crippen LogP contribution is 2.41. The van der Waals surface area contributed by atoms with E-state index in [-0.39, 0.29) is 23.5 Å². The van der Waals surface area contributed by atoms with Crippen LogP contribution in [0.4, 0.5) is 9.18 Å². The maximum atomic E-state index is 13.6. The van der Waals surface area contributed by atoms with Crippen LogP contribution in [0.1, 0.15) is 55.1 Å². The number of aromatic nitrogens is 3. The van der Waals surface area contributed by atoms with Crippen LogP contribution < -0.4 is 10.7 Å². The van der Waals surface area contributed by atoms with Crippen molar-refractivity contribution >= 4 is 33.6 Å². The van der Waals surface area contributed by atoms with E-state index in [1.807, 2.05) is 6.92 Å². The lowest BCUT2D eigenvalue weighted by Crippen LogP contribution is -2.52. The van der Waals surface area contributed by atoms with Gasteiger partial charge in [-0.05, 0) is 63.1 Å². The maximum Gasteiger partial charge on any atom is 0.428 e. The van der Waals surface area contributed by atoms with Crippen molar-refractivity contribution in [1.29, 1.82) is 0 Å². The van der Waals surface area contributed by atoms with E-state index in [0.717, 1.165) is 19.3 Å². The standard InChI is InChI=1S/C21H24BrFN6O3/c1-12(24-19(30)17-11-29(2)28-25-17)9-13-5-7-21(8-6-13)18(26-27-20(31)32-21)15-4-3-14(23)10-16(15)22/h3-4,10-13H,5-9H2,1-2H3,(H,24,30)(H,27,31)/t12-,13?,21?/m0/s1. The van der Waals surface area contributed by atoms with Gasteiger partial charge in [-0.1, -0.05) is 21.1 Å². The zero-order valence-electron chi connectivity index (χ0n) is 17.8.